The van der Waals surface area contributed by atoms with Gasteiger partial charge in [0.05, 0.1) is 6.21 Å². The molecule has 0 spiro atoms. The lowest BCUT2D eigenvalue weighted by atomic mass is 10.2. The van der Waals surface area contributed by atoms with E-state index >= 15 is 0 Å². The Labute approximate surface area is 133 Å². The maximum atomic E-state index is 5.97. The molecule has 1 aromatic heterocycles. The maximum absolute atomic E-state index is 5.97. The molecule has 4 nitrogen and oxygen atoms in total. The number of hydrogen-bond acceptors (Lipinski definition) is 3. The van der Waals surface area contributed by atoms with Crippen LogP contribution in [0.25, 0.3) is 11.3 Å². The predicted molar refractivity (Wildman–Crippen MR) is 88.6 cm³/mol. The van der Waals surface area contributed by atoms with Gasteiger partial charge in [-0.1, -0.05) is 23.7 Å². The Hall–Kier alpha value is -1.85. The van der Waals surface area contributed by atoms with E-state index in [0.29, 0.717) is 21.9 Å². The number of benzene rings is 1. The third kappa shape index (κ3) is 4.06. The van der Waals surface area contributed by atoms with Crippen molar-refractivity contribution in [3.63, 3.8) is 0 Å². The second-order valence-corrected chi connectivity index (χ2v) is 5.67. The van der Waals surface area contributed by atoms with Crippen LogP contribution < -0.4 is 10.7 Å². The number of furan rings is 1. The van der Waals surface area contributed by atoms with Crippen LogP contribution in [0.2, 0.25) is 5.02 Å². The van der Waals surface area contributed by atoms with E-state index < -0.39 is 0 Å². The van der Waals surface area contributed by atoms with Crippen molar-refractivity contribution in [1.82, 2.24) is 10.7 Å². The van der Waals surface area contributed by atoms with Crippen LogP contribution in [-0.4, -0.2) is 17.4 Å². The summed E-state index contributed by atoms with van der Waals surface area (Å²) in [5.74, 6) is 1.39. The first-order valence-corrected chi connectivity index (χ1v) is 7.45. The highest BCUT2D eigenvalue weighted by atomic mass is 35.5. The van der Waals surface area contributed by atoms with Crippen LogP contribution in [0, 0.1) is 0 Å². The molecule has 0 atom stereocenters. The average Bonchev–Trinajstić information content (AvgIpc) is 3.14. The fraction of sp³-hybridized carbons (Fsp3) is 0.200. The van der Waals surface area contributed by atoms with E-state index in [9.17, 15) is 0 Å². The molecule has 1 aliphatic rings. The Bertz CT molecular complexity index is 679. The standard InChI is InChI=1S/C15H14ClN3OS/c16-11-3-1-2-10(8-11)14-7-6-13(20-14)9-17-19-15(21)18-12-4-5-12/h1-3,6-9,12H,4-5H2,(H2,18,19,21)/b17-9+. The number of rotatable bonds is 4. The van der Waals surface area contributed by atoms with Crippen LogP contribution in [0.5, 0.6) is 0 Å². The molecule has 1 saturated carbocycles. The second kappa shape index (κ2) is 6.28. The van der Waals surface area contributed by atoms with Gasteiger partial charge in [-0.05, 0) is 49.3 Å². The van der Waals surface area contributed by atoms with Gasteiger partial charge in [-0.15, -0.1) is 0 Å². The van der Waals surface area contributed by atoms with Crippen molar-refractivity contribution in [3.05, 3.63) is 47.2 Å². The zero-order valence-electron chi connectivity index (χ0n) is 11.2. The molecule has 0 amide bonds. The van der Waals surface area contributed by atoms with E-state index in [4.69, 9.17) is 28.2 Å². The minimum atomic E-state index is 0.512. The van der Waals surface area contributed by atoms with Gasteiger partial charge in [0.1, 0.15) is 11.5 Å². The molecule has 0 unspecified atom stereocenters. The number of halogens is 1. The number of thiocarbonyl (C=S) groups is 1. The minimum absolute atomic E-state index is 0.512. The van der Waals surface area contributed by atoms with Crippen LogP contribution in [0.1, 0.15) is 18.6 Å². The summed E-state index contributed by atoms with van der Waals surface area (Å²) in [4.78, 5) is 0. The van der Waals surface area contributed by atoms with Gasteiger partial charge in [0, 0.05) is 16.6 Å². The highest BCUT2D eigenvalue weighted by Gasteiger charge is 2.21. The van der Waals surface area contributed by atoms with Crippen LogP contribution in [0.4, 0.5) is 0 Å². The smallest absolute Gasteiger partial charge is 0.187 e. The van der Waals surface area contributed by atoms with Crippen molar-refractivity contribution in [2.45, 2.75) is 18.9 Å². The number of nitrogens with zero attached hydrogens (tertiary/aromatic N) is 1. The van der Waals surface area contributed by atoms with Gasteiger partial charge < -0.3 is 9.73 Å². The lowest BCUT2D eigenvalue weighted by Crippen LogP contribution is -2.33. The summed E-state index contributed by atoms with van der Waals surface area (Å²) in [5.41, 5.74) is 3.70. The van der Waals surface area contributed by atoms with E-state index in [1.165, 1.54) is 12.8 Å². The summed E-state index contributed by atoms with van der Waals surface area (Å²) >= 11 is 11.1. The SMILES string of the molecule is S=C(N/N=C/c1ccc(-c2cccc(Cl)c2)o1)NC1CC1. The molecular weight excluding hydrogens is 306 g/mol. The maximum Gasteiger partial charge on any atom is 0.187 e. The largest absolute Gasteiger partial charge is 0.455 e. The first-order chi connectivity index (χ1) is 10.2. The Morgan fingerprint density at radius 1 is 1.33 bits per heavy atom. The van der Waals surface area contributed by atoms with Gasteiger partial charge >= 0.3 is 0 Å². The van der Waals surface area contributed by atoms with Gasteiger partial charge in [-0.25, -0.2) is 0 Å². The third-order valence-electron chi connectivity index (χ3n) is 3.01. The van der Waals surface area contributed by atoms with Gasteiger partial charge in [-0.3, -0.25) is 5.43 Å². The van der Waals surface area contributed by atoms with Crippen molar-refractivity contribution in [2.75, 3.05) is 0 Å². The normalized spacial score (nSPS) is 14.3. The summed E-state index contributed by atoms with van der Waals surface area (Å²) in [6.45, 7) is 0. The summed E-state index contributed by atoms with van der Waals surface area (Å²) < 4.78 is 5.69. The third-order valence-corrected chi connectivity index (χ3v) is 3.45. The van der Waals surface area contributed by atoms with E-state index in [0.717, 1.165) is 11.3 Å². The molecule has 6 heteroatoms. The molecule has 0 saturated heterocycles. The molecule has 3 rings (SSSR count). The number of hydrogen-bond donors (Lipinski definition) is 2. The highest BCUT2D eigenvalue weighted by molar-refractivity contribution is 7.80. The van der Waals surface area contributed by atoms with Crippen molar-refractivity contribution in [1.29, 1.82) is 0 Å². The van der Waals surface area contributed by atoms with Crippen LogP contribution in [0.15, 0.2) is 45.9 Å². The molecule has 1 fully saturated rings. The van der Waals surface area contributed by atoms with Crippen molar-refractivity contribution >= 4 is 35.1 Å². The van der Waals surface area contributed by atoms with Crippen molar-refractivity contribution < 1.29 is 4.42 Å². The lowest BCUT2D eigenvalue weighted by Gasteiger charge is -2.03. The lowest BCUT2D eigenvalue weighted by molar-refractivity contribution is 0.574. The van der Waals surface area contributed by atoms with Crippen LogP contribution >= 0.6 is 23.8 Å². The Morgan fingerprint density at radius 3 is 2.95 bits per heavy atom. The first-order valence-electron chi connectivity index (χ1n) is 6.66. The summed E-state index contributed by atoms with van der Waals surface area (Å²) in [6, 6.07) is 11.8. The quantitative estimate of drug-likeness (QED) is 0.514. The van der Waals surface area contributed by atoms with Gasteiger partial charge in [-0.2, -0.15) is 5.10 Å². The molecule has 0 bridgehead atoms. The molecule has 0 aliphatic heterocycles. The topological polar surface area (TPSA) is 49.6 Å². The van der Waals surface area contributed by atoms with E-state index in [2.05, 4.69) is 15.8 Å². The highest BCUT2D eigenvalue weighted by Crippen LogP contribution is 2.24. The molecule has 2 N–H and O–H groups in total. The fourth-order valence-corrected chi connectivity index (χ4v) is 2.23. The monoisotopic (exact) mass is 319 g/mol. The Kier molecular flexibility index (Phi) is 4.22. The van der Waals surface area contributed by atoms with Crippen molar-refractivity contribution in [3.8, 4) is 11.3 Å². The Balaban J connectivity index is 1.60. The summed E-state index contributed by atoms with van der Waals surface area (Å²) in [5, 5.41) is 8.40. The number of nitrogens with one attached hydrogen (secondary N) is 2. The molecule has 0 radical (unpaired) electrons. The molecule has 21 heavy (non-hydrogen) atoms. The fourth-order valence-electron chi connectivity index (χ4n) is 1.82. The minimum Gasteiger partial charge on any atom is -0.455 e. The predicted octanol–water partition coefficient (Wildman–Crippen LogP) is 3.56. The van der Waals surface area contributed by atoms with Crippen molar-refractivity contribution in [2.24, 2.45) is 5.10 Å². The van der Waals surface area contributed by atoms with Crippen LogP contribution in [0.3, 0.4) is 0 Å². The summed E-state index contributed by atoms with van der Waals surface area (Å²) in [6.07, 6.45) is 3.94. The molecular formula is C15H14ClN3OS. The average molecular weight is 320 g/mol. The van der Waals surface area contributed by atoms with E-state index in [-0.39, 0.29) is 0 Å². The second-order valence-electron chi connectivity index (χ2n) is 4.83. The molecule has 1 heterocycles. The Morgan fingerprint density at radius 2 is 2.19 bits per heavy atom. The molecule has 2 aromatic rings. The first kappa shape index (κ1) is 14.1. The zero-order valence-corrected chi connectivity index (χ0v) is 12.7. The van der Waals surface area contributed by atoms with Crippen LogP contribution in [-0.2, 0) is 0 Å². The molecule has 108 valence electrons. The van der Waals surface area contributed by atoms with E-state index in [1.54, 1.807) is 6.21 Å². The van der Waals surface area contributed by atoms with Gasteiger partial charge in [0.15, 0.2) is 5.11 Å². The van der Waals surface area contributed by atoms with Gasteiger partial charge in [0.2, 0.25) is 0 Å². The summed E-state index contributed by atoms with van der Waals surface area (Å²) in [7, 11) is 0. The zero-order chi connectivity index (χ0) is 14.7. The molecule has 1 aromatic carbocycles. The van der Waals surface area contributed by atoms with Gasteiger partial charge in [0.25, 0.3) is 0 Å². The van der Waals surface area contributed by atoms with E-state index in [1.807, 2.05) is 36.4 Å². The molecule has 1 aliphatic carbocycles. The number of hydrazone groups is 1.